The van der Waals surface area contributed by atoms with E-state index in [1.165, 1.54) is 11.1 Å². The fourth-order valence-electron chi connectivity index (χ4n) is 2.52. The maximum Gasteiger partial charge on any atom is 0.128 e. The molecule has 0 fully saturated rings. The van der Waals surface area contributed by atoms with Crippen LogP contribution < -0.4 is 10.5 Å². The molecule has 2 N–H and O–H groups in total. The summed E-state index contributed by atoms with van der Waals surface area (Å²) in [5.41, 5.74) is 8.28. The lowest BCUT2D eigenvalue weighted by Gasteiger charge is -2.26. The molecule has 1 unspecified atom stereocenters. The first-order valence-electron chi connectivity index (χ1n) is 6.12. The Morgan fingerprint density at radius 2 is 2.12 bits per heavy atom. The van der Waals surface area contributed by atoms with Gasteiger partial charge in [0.2, 0.25) is 0 Å². The SMILES string of the molecule is CN(C)C(CN)c1cccc2c1OC(C)(C)C2. The Balaban J connectivity index is 2.42. The molecule has 1 aliphatic rings. The average Bonchev–Trinajstić information content (AvgIpc) is 2.53. The lowest BCUT2D eigenvalue weighted by atomic mass is 9.98. The second kappa shape index (κ2) is 4.31. The molecule has 1 aromatic rings. The minimum atomic E-state index is -0.0934. The molecule has 0 amide bonds. The van der Waals surface area contributed by atoms with Gasteiger partial charge >= 0.3 is 0 Å². The quantitative estimate of drug-likeness (QED) is 0.869. The van der Waals surface area contributed by atoms with Gasteiger partial charge in [0.15, 0.2) is 0 Å². The average molecular weight is 234 g/mol. The highest BCUT2D eigenvalue weighted by atomic mass is 16.5. The van der Waals surface area contributed by atoms with Crippen LogP contribution in [0, 0.1) is 0 Å². The first-order valence-corrected chi connectivity index (χ1v) is 6.12. The summed E-state index contributed by atoms with van der Waals surface area (Å²) < 4.78 is 6.08. The number of rotatable bonds is 3. The van der Waals surface area contributed by atoms with Crippen molar-refractivity contribution in [3.63, 3.8) is 0 Å². The van der Waals surface area contributed by atoms with Gasteiger partial charge in [-0.3, -0.25) is 0 Å². The zero-order valence-corrected chi connectivity index (χ0v) is 11.2. The summed E-state index contributed by atoms with van der Waals surface area (Å²) in [6, 6.07) is 6.60. The number of fused-ring (bicyclic) bond motifs is 1. The lowest BCUT2D eigenvalue weighted by molar-refractivity contribution is 0.134. The van der Waals surface area contributed by atoms with Crippen LogP contribution in [-0.2, 0) is 6.42 Å². The molecule has 2 rings (SSSR count). The first-order chi connectivity index (χ1) is 7.94. The molecular formula is C14H22N2O. The molecular weight excluding hydrogens is 212 g/mol. The first kappa shape index (κ1) is 12.4. The number of benzene rings is 1. The fraction of sp³-hybridized carbons (Fsp3) is 0.571. The molecule has 1 heterocycles. The van der Waals surface area contributed by atoms with Gasteiger partial charge in [0, 0.05) is 18.5 Å². The Bertz CT molecular complexity index is 413. The van der Waals surface area contributed by atoms with Crippen LogP contribution in [0.2, 0.25) is 0 Å². The third kappa shape index (κ3) is 2.31. The fourth-order valence-corrected chi connectivity index (χ4v) is 2.52. The van der Waals surface area contributed by atoms with Gasteiger partial charge in [-0.1, -0.05) is 18.2 Å². The molecule has 3 nitrogen and oxygen atoms in total. The molecule has 0 saturated heterocycles. The van der Waals surface area contributed by atoms with Crippen LogP contribution in [-0.4, -0.2) is 31.1 Å². The predicted octanol–water partition coefficient (Wildman–Crippen LogP) is 1.96. The predicted molar refractivity (Wildman–Crippen MR) is 70.3 cm³/mol. The number of hydrogen-bond acceptors (Lipinski definition) is 3. The molecule has 0 spiro atoms. The van der Waals surface area contributed by atoms with Crippen molar-refractivity contribution in [2.45, 2.75) is 31.9 Å². The van der Waals surface area contributed by atoms with Crippen LogP contribution in [0.1, 0.15) is 31.0 Å². The van der Waals surface area contributed by atoms with Crippen LogP contribution in [0.25, 0.3) is 0 Å². The van der Waals surface area contributed by atoms with Gasteiger partial charge in [-0.05, 0) is 33.5 Å². The topological polar surface area (TPSA) is 38.5 Å². The summed E-state index contributed by atoms with van der Waals surface area (Å²) in [6.45, 7) is 4.86. The number of nitrogens with zero attached hydrogens (tertiary/aromatic N) is 1. The highest BCUT2D eigenvalue weighted by Crippen LogP contribution is 2.40. The zero-order chi connectivity index (χ0) is 12.6. The van der Waals surface area contributed by atoms with E-state index in [1.807, 2.05) is 0 Å². The van der Waals surface area contributed by atoms with E-state index in [1.54, 1.807) is 0 Å². The molecule has 1 aromatic carbocycles. The standard InChI is InChI=1S/C14H22N2O/c1-14(2)8-10-6-5-7-11(13(10)17-14)12(9-15)16(3)4/h5-7,12H,8-9,15H2,1-4H3. The van der Waals surface area contributed by atoms with Crippen molar-refractivity contribution in [2.75, 3.05) is 20.6 Å². The van der Waals surface area contributed by atoms with Crippen molar-refractivity contribution in [1.29, 1.82) is 0 Å². The molecule has 1 atom stereocenters. The summed E-state index contributed by atoms with van der Waals surface area (Å²) in [7, 11) is 4.11. The van der Waals surface area contributed by atoms with Gasteiger partial charge in [0.1, 0.15) is 11.4 Å². The maximum absolute atomic E-state index is 6.08. The third-order valence-electron chi connectivity index (χ3n) is 3.33. The van der Waals surface area contributed by atoms with Gasteiger partial charge in [-0.25, -0.2) is 0 Å². The van der Waals surface area contributed by atoms with Crippen molar-refractivity contribution < 1.29 is 4.74 Å². The number of hydrogen-bond donors (Lipinski definition) is 1. The van der Waals surface area contributed by atoms with E-state index in [2.05, 4.69) is 51.0 Å². The van der Waals surface area contributed by atoms with E-state index >= 15 is 0 Å². The van der Waals surface area contributed by atoms with Crippen LogP contribution in [0.15, 0.2) is 18.2 Å². The summed E-state index contributed by atoms with van der Waals surface area (Å²) in [4.78, 5) is 2.14. The minimum Gasteiger partial charge on any atom is -0.487 e. The Morgan fingerprint density at radius 1 is 1.41 bits per heavy atom. The molecule has 0 radical (unpaired) electrons. The molecule has 0 saturated carbocycles. The molecule has 0 bridgehead atoms. The minimum absolute atomic E-state index is 0.0934. The van der Waals surface area contributed by atoms with Gasteiger partial charge in [-0.15, -0.1) is 0 Å². The highest BCUT2D eigenvalue weighted by molar-refractivity contribution is 5.47. The van der Waals surface area contributed by atoms with E-state index in [-0.39, 0.29) is 11.6 Å². The molecule has 17 heavy (non-hydrogen) atoms. The maximum atomic E-state index is 6.08. The van der Waals surface area contributed by atoms with Gasteiger partial charge in [0.25, 0.3) is 0 Å². The van der Waals surface area contributed by atoms with Crippen molar-refractivity contribution in [2.24, 2.45) is 5.73 Å². The summed E-state index contributed by atoms with van der Waals surface area (Å²) in [5, 5.41) is 0. The van der Waals surface area contributed by atoms with Crippen molar-refractivity contribution >= 4 is 0 Å². The molecule has 0 aliphatic carbocycles. The van der Waals surface area contributed by atoms with Gasteiger partial charge in [0.05, 0.1) is 6.04 Å². The summed E-state index contributed by atoms with van der Waals surface area (Å²) >= 11 is 0. The van der Waals surface area contributed by atoms with E-state index in [0.717, 1.165) is 12.2 Å². The van der Waals surface area contributed by atoms with Gasteiger partial charge in [-0.2, -0.15) is 0 Å². The van der Waals surface area contributed by atoms with E-state index in [9.17, 15) is 0 Å². The van der Waals surface area contributed by atoms with E-state index < -0.39 is 0 Å². The zero-order valence-electron chi connectivity index (χ0n) is 11.2. The number of para-hydroxylation sites is 1. The van der Waals surface area contributed by atoms with Crippen molar-refractivity contribution in [1.82, 2.24) is 4.90 Å². The Kier molecular flexibility index (Phi) is 3.15. The third-order valence-corrected chi connectivity index (χ3v) is 3.33. The molecule has 94 valence electrons. The van der Waals surface area contributed by atoms with Crippen molar-refractivity contribution in [3.05, 3.63) is 29.3 Å². The smallest absolute Gasteiger partial charge is 0.128 e. The van der Waals surface area contributed by atoms with Crippen LogP contribution in [0.4, 0.5) is 0 Å². The highest BCUT2D eigenvalue weighted by Gasteiger charge is 2.33. The van der Waals surface area contributed by atoms with Crippen LogP contribution in [0.5, 0.6) is 5.75 Å². The molecule has 0 aromatic heterocycles. The van der Waals surface area contributed by atoms with Crippen LogP contribution >= 0.6 is 0 Å². The molecule has 3 heteroatoms. The molecule has 1 aliphatic heterocycles. The van der Waals surface area contributed by atoms with Crippen LogP contribution in [0.3, 0.4) is 0 Å². The number of ether oxygens (including phenoxy) is 1. The van der Waals surface area contributed by atoms with E-state index in [4.69, 9.17) is 10.5 Å². The normalized spacial score (nSPS) is 18.9. The summed E-state index contributed by atoms with van der Waals surface area (Å²) in [6.07, 6.45) is 0.973. The lowest BCUT2D eigenvalue weighted by Crippen LogP contribution is -2.28. The Morgan fingerprint density at radius 3 is 2.71 bits per heavy atom. The largest absolute Gasteiger partial charge is 0.487 e. The van der Waals surface area contributed by atoms with E-state index in [0.29, 0.717) is 6.54 Å². The van der Waals surface area contributed by atoms with Gasteiger partial charge < -0.3 is 15.4 Å². The number of nitrogens with two attached hydrogens (primary N) is 1. The Hall–Kier alpha value is -1.06. The second-order valence-electron chi connectivity index (χ2n) is 5.59. The Labute approximate surface area is 104 Å². The summed E-state index contributed by atoms with van der Waals surface area (Å²) in [5.74, 6) is 1.04. The second-order valence-corrected chi connectivity index (χ2v) is 5.59. The number of likely N-dealkylation sites (N-methyl/N-ethyl adjacent to an activating group) is 1. The monoisotopic (exact) mass is 234 g/mol. The van der Waals surface area contributed by atoms with Crippen molar-refractivity contribution in [3.8, 4) is 5.75 Å².